The van der Waals surface area contributed by atoms with Crippen LogP contribution in [0.1, 0.15) is 35.4 Å². The maximum atomic E-state index is 6.16. The molecule has 0 saturated heterocycles. The summed E-state index contributed by atoms with van der Waals surface area (Å²) in [6.07, 6.45) is 3.57. The van der Waals surface area contributed by atoms with E-state index >= 15 is 0 Å². The summed E-state index contributed by atoms with van der Waals surface area (Å²) in [5.74, 6) is 0.432. The third kappa shape index (κ3) is 2.57. The number of benzene rings is 4. The van der Waals surface area contributed by atoms with Crippen LogP contribution in [-0.2, 0) is 6.42 Å². The van der Waals surface area contributed by atoms with Crippen LogP contribution in [0.3, 0.4) is 0 Å². The largest absolute Gasteiger partial charge is 0.0843 e. The third-order valence-electron chi connectivity index (χ3n) is 5.71. The van der Waals surface area contributed by atoms with Crippen molar-refractivity contribution in [3.63, 3.8) is 0 Å². The summed E-state index contributed by atoms with van der Waals surface area (Å²) in [6.45, 7) is 0. The van der Waals surface area contributed by atoms with E-state index in [1.165, 1.54) is 51.1 Å². The Morgan fingerprint density at radius 1 is 0.808 bits per heavy atom. The Balaban J connectivity index is 1.74. The number of fused-ring (bicyclic) bond motifs is 5. The summed E-state index contributed by atoms with van der Waals surface area (Å²) in [5, 5.41) is 6.23. The van der Waals surface area contributed by atoms with Crippen LogP contribution in [0.5, 0.6) is 0 Å². The van der Waals surface area contributed by atoms with Gasteiger partial charge in [0.05, 0.1) is 0 Å². The Morgan fingerprint density at radius 2 is 1.62 bits per heavy atom. The van der Waals surface area contributed by atoms with Crippen LogP contribution in [0.15, 0.2) is 71.2 Å². The molecule has 128 valence electrons. The van der Waals surface area contributed by atoms with E-state index in [0.717, 1.165) is 15.9 Å². The van der Waals surface area contributed by atoms with Gasteiger partial charge in [0, 0.05) is 15.4 Å². The van der Waals surface area contributed by atoms with Crippen LogP contribution in [0.25, 0.3) is 21.5 Å². The highest BCUT2D eigenvalue weighted by atomic mass is 79.9. The molecule has 1 unspecified atom stereocenters. The van der Waals surface area contributed by atoms with Gasteiger partial charge in [0.1, 0.15) is 0 Å². The van der Waals surface area contributed by atoms with E-state index in [4.69, 9.17) is 11.6 Å². The molecule has 1 aliphatic carbocycles. The summed E-state index contributed by atoms with van der Waals surface area (Å²) < 4.78 is 1.11. The van der Waals surface area contributed by atoms with Crippen molar-refractivity contribution in [2.45, 2.75) is 25.2 Å². The Morgan fingerprint density at radius 3 is 2.50 bits per heavy atom. The Labute approximate surface area is 166 Å². The van der Waals surface area contributed by atoms with Crippen LogP contribution in [0.4, 0.5) is 0 Å². The molecule has 1 atom stereocenters. The van der Waals surface area contributed by atoms with Crippen molar-refractivity contribution in [1.29, 1.82) is 0 Å². The van der Waals surface area contributed by atoms with Gasteiger partial charge >= 0.3 is 0 Å². The van der Waals surface area contributed by atoms with E-state index in [-0.39, 0.29) is 0 Å². The van der Waals surface area contributed by atoms with Gasteiger partial charge in [-0.3, -0.25) is 0 Å². The number of hydrogen-bond acceptors (Lipinski definition) is 0. The maximum Gasteiger partial charge on any atom is 0.0417 e. The van der Waals surface area contributed by atoms with E-state index < -0.39 is 0 Å². The molecule has 0 amide bonds. The number of rotatable bonds is 1. The Kier molecular flexibility index (Phi) is 4.03. The quantitative estimate of drug-likeness (QED) is 0.274. The molecule has 0 N–H and O–H groups in total. The van der Waals surface area contributed by atoms with Crippen molar-refractivity contribution in [2.75, 3.05) is 0 Å². The first-order valence-corrected chi connectivity index (χ1v) is 10.3. The molecule has 0 aliphatic heterocycles. The zero-order valence-electron chi connectivity index (χ0n) is 14.3. The van der Waals surface area contributed by atoms with Crippen molar-refractivity contribution in [3.05, 3.63) is 92.9 Å². The monoisotopic (exact) mass is 420 g/mol. The first kappa shape index (κ1) is 16.4. The summed E-state index contributed by atoms with van der Waals surface area (Å²) in [4.78, 5) is 0. The van der Waals surface area contributed by atoms with Gasteiger partial charge in [0.25, 0.3) is 0 Å². The molecule has 0 heterocycles. The topological polar surface area (TPSA) is 0 Å². The molecule has 4 aromatic carbocycles. The molecule has 2 heteroatoms. The predicted molar refractivity (Wildman–Crippen MR) is 115 cm³/mol. The van der Waals surface area contributed by atoms with Crippen molar-refractivity contribution in [1.82, 2.24) is 0 Å². The molecular weight excluding hydrogens is 404 g/mol. The van der Waals surface area contributed by atoms with Crippen molar-refractivity contribution in [2.24, 2.45) is 0 Å². The molecule has 5 rings (SSSR count). The molecule has 26 heavy (non-hydrogen) atoms. The lowest BCUT2D eigenvalue weighted by Crippen LogP contribution is -2.12. The van der Waals surface area contributed by atoms with Gasteiger partial charge < -0.3 is 0 Å². The fourth-order valence-corrected chi connectivity index (χ4v) is 5.48. The van der Waals surface area contributed by atoms with Gasteiger partial charge in [0.2, 0.25) is 0 Å². The third-order valence-corrected chi connectivity index (χ3v) is 6.63. The molecule has 0 fully saturated rings. The van der Waals surface area contributed by atoms with Crippen LogP contribution in [-0.4, -0.2) is 0 Å². The summed E-state index contributed by atoms with van der Waals surface area (Å²) in [7, 11) is 0. The molecule has 4 aromatic rings. The summed E-state index contributed by atoms with van der Waals surface area (Å²) >= 11 is 9.89. The van der Waals surface area contributed by atoms with E-state index in [1.807, 2.05) is 12.1 Å². The van der Waals surface area contributed by atoms with Gasteiger partial charge in [-0.25, -0.2) is 0 Å². The fraction of sp³-hybridized carbons (Fsp3) is 0.167. The SMILES string of the molecule is Clc1ccc(C2CCCc3c2ccc2c3ccc3ccccc32)c(Br)c1. The molecule has 0 aromatic heterocycles. The summed E-state index contributed by atoms with van der Waals surface area (Å²) in [6, 6.07) is 24.1. The van der Waals surface area contributed by atoms with E-state index in [2.05, 4.69) is 70.5 Å². The Bertz CT molecular complexity index is 1150. The van der Waals surface area contributed by atoms with Crippen molar-refractivity contribution < 1.29 is 0 Å². The fourth-order valence-electron chi connectivity index (χ4n) is 4.52. The van der Waals surface area contributed by atoms with Crippen molar-refractivity contribution >= 4 is 49.1 Å². The number of hydrogen-bond donors (Lipinski definition) is 0. The highest BCUT2D eigenvalue weighted by Gasteiger charge is 2.25. The molecule has 0 spiro atoms. The predicted octanol–water partition coefficient (Wildman–Crippen LogP) is 7.88. The van der Waals surface area contributed by atoms with E-state index in [1.54, 1.807) is 0 Å². The molecule has 0 nitrogen and oxygen atoms in total. The lowest BCUT2D eigenvalue weighted by atomic mass is 9.77. The second-order valence-corrected chi connectivity index (χ2v) is 8.42. The van der Waals surface area contributed by atoms with Gasteiger partial charge in [-0.1, -0.05) is 82.1 Å². The zero-order valence-corrected chi connectivity index (χ0v) is 16.6. The van der Waals surface area contributed by atoms with Crippen LogP contribution in [0.2, 0.25) is 5.02 Å². The summed E-state index contributed by atoms with van der Waals surface area (Å²) in [5.41, 5.74) is 4.34. The minimum atomic E-state index is 0.432. The number of halogens is 2. The average Bonchev–Trinajstić information content (AvgIpc) is 2.67. The first-order valence-electron chi connectivity index (χ1n) is 9.10. The lowest BCUT2D eigenvalue weighted by molar-refractivity contribution is 0.618. The van der Waals surface area contributed by atoms with E-state index in [9.17, 15) is 0 Å². The van der Waals surface area contributed by atoms with Crippen LogP contribution < -0.4 is 0 Å². The van der Waals surface area contributed by atoms with Gasteiger partial charge in [-0.05, 0) is 69.6 Å². The highest BCUT2D eigenvalue weighted by molar-refractivity contribution is 9.10. The minimum Gasteiger partial charge on any atom is -0.0843 e. The minimum absolute atomic E-state index is 0.432. The van der Waals surface area contributed by atoms with Crippen molar-refractivity contribution in [3.8, 4) is 0 Å². The maximum absolute atomic E-state index is 6.16. The number of aryl methyl sites for hydroxylation is 1. The highest BCUT2D eigenvalue weighted by Crippen LogP contribution is 2.43. The van der Waals surface area contributed by atoms with Crippen LogP contribution in [0, 0.1) is 0 Å². The molecule has 0 radical (unpaired) electrons. The first-order chi connectivity index (χ1) is 12.7. The molecular formula is C24H18BrCl. The van der Waals surface area contributed by atoms with Gasteiger partial charge in [-0.2, -0.15) is 0 Å². The average molecular weight is 422 g/mol. The standard InChI is InChI=1S/C24H18BrCl/c25-24-14-16(26)9-11-23(24)19-7-3-6-18-21-10-8-15-4-1-2-5-17(15)20(21)12-13-22(18)19/h1-2,4-5,8-14,19H,3,6-7H2. The Hall–Kier alpha value is -1.83. The second kappa shape index (κ2) is 6.40. The second-order valence-electron chi connectivity index (χ2n) is 7.13. The molecule has 0 bridgehead atoms. The van der Waals surface area contributed by atoms with Gasteiger partial charge in [0.15, 0.2) is 0 Å². The zero-order chi connectivity index (χ0) is 17.7. The lowest BCUT2D eigenvalue weighted by Gasteiger charge is -2.28. The van der Waals surface area contributed by atoms with Gasteiger partial charge in [-0.15, -0.1) is 0 Å². The molecule has 0 saturated carbocycles. The van der Waals surface area contributed by atoms with E-state index in [0.29, 0.717) is 5.92 Å². The van der Waals surface area contributed by atoms with Crippen LogP contribution >= 0.6 is 27.5 Å². The smallest absolute Gasteiger partial charge is 0.0417 e. The molecule has 1 aliphatic rings. The normalized spacial score (nSPS) is 16.8.